The average molecular weight is 257 g/mol. The first-order chi connectivity index (χ1) is 8.08. The summed E-state index contributed by atoms with van der Waals surface area (Å²) in [5, 5.41) is 3.90. The Morgan fingerprint density at radius 2 is 2.12 bits per heavy atom. The van der Waals surface area contributed by atoms with Crippen molar-refractivity contribution in [1.82, 2.24) is 10.2 Å². The first-order valence-electron chi connectivity index (χ1n) is 5.74. The molecule has 1 aromatic rings. The lowest BCUT2D eigenvalue weighted by molar-refractivity contribution is 0.318. The third-order valence-electron chi connectivity index (χ3n) is 2.70. The molecule has 4 heteroatoms. The second kappa shape index (κ2) is 6.84. The van der Waals surface area contributed by atoms with E-state index in [-0.39, 0.29) is 0 Å². The summed E-state index contributed by atoms with van der Waals surface area (Å²) >= 11 is 6.08. The van der Waals surface area contributed by atoms with Gasteiger partial charge in [0.05, 0.1) is 7.11 Å². The minimum Gasteiger partial charge on any atom is -0.496 e. The predicted octanol–water partition coefficient (Wildman–Crippen LogP) is 2.31. The number of benzene rings is 1. The summed E-state index contributed by atoms with van der Waals surface area (Å²) in [5.41, 5.74) is 2.22. The topological polar surface area (TPSA) is 24.5 Å². The summed E-state index contributed by atoms with van der Waals surface area (Å²) in [6.07, 6.45) is 0. The lowest BCUT2D eigenvalue weighted by Gasteiger charge is -2.19. The molecule has 0 heterocycles. The van der Waals surface area contributed by atoms with E-state index < -0.39 is 0 Å². The van der Waals surface area contributed by atoms with E-state index in [0.29, 0.717) is 0 Å². The Morgan fingerprint density at radius 1 is 1.41 bits per heavy atom. The molecule has 0 amide bonds. The second-order valence-electron chi connectivity index (χ2n) is 4.26. The van der Waals surface area contributed by atoms with E-state index in [4.69, 9.17) is 16.3 Å². The third-order valence-corrected chi connectivity index (χ3v) is 2.92. The van der Waals surface area contributed by atoms with E-state index in [2.05, 4.69) is 17.3 Å². The molecule has 0 atom stereocenters. The predicted molar refractivity (Wildman–Crippen MR) is 73.0 cm³/mol. The Bertz CT molecular complexity index is 369. The Kier molecular flexibility index (Phi) is 5.75. The molecule has 0 spiro atoms. The fraction of sp³-hybridized carbons (Fsp3) is 0.538. The molecule has 0 radical (unpaired) electrons. The molecule has 1 aromatic carbocycles. The monoisotopic (exact) mass is 256 g/mol. The number of halogens is 1. The van der Waals surface area contributed by atoms with Gasteiger partial charge in [-0.15, -0.1) is 0 Å². The number of likely N-dealkylation sites (N-methyl/N-ethyl adjacent to an activating group) is 2. The Balaban J connectivity index is 2.81. The zero-order chi connectivity index (χ0) is 12.8. The lowest BCUT2D eigenvalue weighted by atomic mass is 10.1. The molecule has 1 N–H and O–H groups in total. The number of rotatable bonds is 6. The van der Waals surface area contributed by atoms with Crippen LogP contribution >= 0.6 is 11.6 Å². The van der Waals surface area contributed by atoms with Crippen molar-refractivity contribution < 1.29 is 4.74 Å². The van der Waals surface area contributed by atoms with Crippen LogP contribution in [0.3, 0.4) is 0 Å². The average Bonchev–Trinajstić information content (AvgIpc) is 2.25. The Morgan fingerprint density at radius 3 is 2.71 bits per heavy atom. The fourth-order valence-corrected chi connectivity index (χ4v) is 2.18. The maximum absolute atomic E-state index is 6.08. The van der Waals surface area contributed by atoms with E-state index in [1.807, 2.05) is 26.1 Å². The van der Waals surface area contributed by atoms with E-state index in [1.165, 1.54) is 0 Å². The molecule has 0 bridgehead atoms. The number of aryl methyl sites for hydroxylation is 1. The zero-order valence-electron chi connectivity index (χ0n) is 11.0. The van der Waals surface area contributed by atoms with Crippen molar-refractivity contribution >= 4 is 11.6 Å². The highest BCUT2D eigenvalue weighted by atomic mass is 35.5. The van der Waals surface area contributed by atoms with Gasteiger partial charge in [-0.1, -0.05) is 11.6 Å². The van der Waals surface area contributed by atoms with E-state index in [0.717, 1.165) is 41.5 Å². The molecule has 0 fully saturated rings. The number of nitrogens with zero attached hydrogens (tertiary/aromatic N) is 1. The molecule has 1 rings (SSSR count). The van der Waals surface area contributed by atoms with Gasteiger partial charge in [0.25, 0.3) is 0 Å². The highest BCUT2D eigenvalue weighted by molar-refractivity contribution is 6.30. The van der Waals surface area contributed by atoms with Crippen LogP contribution in [-0.2, 0) is 6.54 Å². The molecule has 0 saturated carbocycles. The fourth-order valence-electron chi connectivity index (χ4n) is 1.88. The molecule has 0 aliphatic rings. The largest absolute Gasteiger partial charge is 0.496 e. The molecular weight excluding hydrogens is 236 g/mol. The first-order valence-corrected chi connectivity index (χ1v) is 6.12. The van der Waals surface area contributed by atoms with Crippen LogP contribution in [0.4, 0.5) is 0 Å². The van der Waals surface area contributed by atoms with Crippen LogP contribution in [0, 0.1) is 6.92 Å². The van der Waals surface area contributed by atoms with Gasteiger partial charge >= 0.3 is 0 Å². The van der Waals surface area contributed by atoms with Gasteiger partial charge in [-0.25, -0.2) is 0 Å². The minimum atomic E-state index is 0.764. The highest BCUT2D eigenvalue weighted by Gasteiger charge is 2.10. The second-order valence-corrected chi connectivity index (χ2v) is 4.69. The van der Waals surface area contributed by atoms with Gasteiger partial charge in [0.2, 0.25) is 0 Å². The molecule has 0 saturated heterocycles. The van der Waals surface area contributed by atoms with Gasteiger partial charge in [0.15, 0.2) is 0 Å². The number of hydrogen-bond acceptors (Lipinski definition) is 3. The van der Waals surface area contributed by atoms with Crippen molar-refractivity contribution in [3.8, 4) is 5.75 Å². The molecule has 0 unspecified atom stereocenters. The number of methoxy groups -OCH3 is 1. The van der Waals surface area contributed by atoms with Crippen molar-refractivity contribution in [2.45, 2.75) is 13.5 Å². The van der Waals surface area contributed by atoms with Gasteiger partial charge < -0.3 is 15.0 Å². The summed E-state index contributed by atoms with van der Waals surface area (Å²) in [5.74, 6) is 0.936. The third kappa shape index (κ3) is 4.19. The van der Waals surface area contributed by atoms with Crippen molar-refractivity contribution in [2.75, 3.05) is 34.3 Å². The van der Waals surface area contributed by atoms with Gasteiger partial charge in [0, 0.05) is 30.2 Å². The minimum absolute atomic E-state index is 0.764. The first kappa shape index (κ1) is 14.3. The Labute approximate surface area is 109 Å². The number of hydrogen-bond donors (Lipinski definition) is 1. The summed E-state index contributed by atoms with van der Waals surface area (Å²) in [6.45, 7) is 4.82. The summed E-state index contributed by atoms with van der Waals surface area (Å²) in [6, 6.07) is 3.90. The number of nitrogens with one attached hydrogen (secondary N) is 1. The summed E-state index contributed by atoms with van der Waals surface area (Å²) < 4.78 is 5.44. The van der Waals surface area contributed by atoms with E-state index in [1.54, 1.807) is 7.11 Å². The van der Waals surface area contributed by atoms with Crippen LogP contribution in [-0.4, -0.2) is 39.2 Å². The van der Waals surface area contributed by atoms with Crippen LogP contribution in [0.15, 0.2) is 12.1 Å². The van der Waals surface area contributed by atoms with E-state index in [9.17, 15) is 0 Å². The molecule has 3 nitrogen and oxygen atoms in total. The van der Waals surface area contributed by atoms with Crippen LogP contribution in [0.25, 0.3) is 0 Å². The molecule has 0 aliphatic heterocycles. The zero-order valence-corrected chi connectivity index (χ0v) is 11.8. The standard InChI is InChI=1S/C13H21ClN2O/c1-10-7-12(14)8-11(13(10)17-4)9-16(3)6-5-15-2/h7-8,15H,5-6,9H2,1-4H3. The smallest absolute Gasteiger partial charge is 0.126 e. The Hall–Kier alpha value is -0.770. The maximum Gasteiger partial charge on any atom is 0.126 e. The molecular formula is C13H21ClN2O. The maximum atomic E-state index is 6.08. The SMILES string of the molecule is CNCCN(C)Cc1cc(Cl)cc(C)c1OC. The van der Waals surface area contributed by atoms with Crippen LogP contribution in [0.5, 0.6) is 5.75 Å². The summed E-state index contributed by atoms with van der Waals surface area (Å²) in [4.78, 5) is 2.24. The van der Waals surface area contributed by atoms with Crippen LogP contribution in [0.1, 0.15) is 11.1 Å². The van der Waals surface area contributed by atoms with Crippen molar-refractivity contribution in [1.29, 1.82) is 0 Å². The normalized spacial score (nSPS) is 10.9. The molecule has 0 aromatic heterocycles. The van der Waals surface area contributed by atoms with Crippen molar-refractivity contribution in [3.63, 3.8) is 0 Å². The van der Waals surface area contributed by atoms with Gasteiger partial charge in [-0.2, -0.15) is 0 Å². The lowest BCUT2D eigenvalue weighted by Crippen LogP contribution is -2.27. The van der Waals surface area contributed by atoms with Crippen LogP contribution in [0.2, 0.25) is 5.02 Å². The van der Waals surface area contributed by atoms with Crippen molar-refractivity contribution in [2.24, 2.45) is 0 Å². The molecule has 17 heavy (non-hydrogen) atoms. The van der Waals surface area contributed by atoms with Gasteiger partial charge in [-0.3, -0.25) is 0 Å². The summed E-state index contributed by atoms with van der Waals surface area (Å²) in [7, 11) is 5.75. The van der Waals surface area contributed by atoms with Gasteiger partial charge in [0.1, 0.15) is 5.75 Å². The van der Waals surface area contributed by atoms with Gasteiger partial charge in [-0.05, 0) is 38.7 Å². The van der Waals surface area contributed by atoms with Crippen LogP contribution < -0.4 is 10.1 Å². The van der Waals surface area contributed by atoms with E-state index >= 15 is 0 Å². The quantitative estimate of drug-likeness (QED) is 0.845. The van der Waals surface area contributed by atoms with Crippen molar-refractivity contribution in [3.05, 3.63) is 28.3 Å². The highest BCUT2D eigenvalue weighted by Crippen LogP contribution is 2.28. The molecule has 0 aliphatic carbocycles. The number of ether oxygens (including phenoxy) is 1. The molecule has 96 valence electrons.